The minimum Gasteiger partial charge on any atom is -0.497 e. The third-order valence-electron chi connectivity index (χ3n) is 4.95. The third kappa shape index (κ3) is 4.44. The van der Waals surface area contributed by atoms with Crippen molar-refractivity contribution in [2.24, 2.45) is 0 Å². The van der Waals surface area contributed by atoms with Crippen molar-refractivity contribution < 1.29 is 9.53 Å². The van der Waals surface area contributed by atoms with Gasteiger partial charge in [0.1, 0.15) is 12.3 Å². The Morgan fingerprint density at radius 3 is 2.65 bits per heavy atom. The normalized spacial score (nSPS) is 10.9. The Labute approximate surface area is 182 Å². The quantitative estimate of drug-likeness (QED) is 0.484. The molecule has 4 rings (SSSR count). The van der Waals surface area contributed by atoms with Crippen LogP contribution in [0.25, 0.3) is 10.9 Å². The highest BCUT2D eigenvalue weighted by molar-refractivity contribution is 7.09. The topological polar surface area (TPSA) is 82.3 Å². The summed E-state index contributed by atoms with van der Waals surface area (Å²) in [5.41, 5.74) is 0.154. The largest absolute Gasteiger partial charge is 0.497 e. The number of nitrogens with one attached hydrogen (secondary N) is 1. The van der Waals surface area contributed by atoms with E-state index in [0.717, 1.165) is 4.88 Å². The number of aryl methyl sites for hydroxylation is 1. The van der Waals surface area contributed by atoms with Crippen LogP contribution in [0.3, 0.4) is 0 Å². The number of hydrogen-bond acceptors (Lipinski definition) is 5. The molecule has 158 valence electrons. The van der Waals surface area contributed by atoms with Crippen LogP contribution in [-0.4, -0.2) is 22.2 Å². The van der Waals surface area contributed by atoms with Gasteiger partial charge in [0.25, 0.3) is 5.56 Å². The van der Waals surface area contributed by atoms with Gasteiger partial charge >= 0.3 is 5.69 Å². The van der Waals surface area contributed by atoms with Gasteiger partial charge in [-0.15, -0.1) is 11.3 Å². The Hall–Kier alpha value is -3.65. The first-order valence-electron chi connectivity index (χ1n) is 9.75. The van der Waals surface area contributed by atoms with Crippen LogP contribution < -0.4 is 21.3 Å². The van der Waals surface area contributed by atoms with Crippen LogP contribution in [-0.2, 0) is 24.3 Å². The van der Waals surface area contributed by atoms with Crippen molar-refractivity contribution >= 4 is 33.8 Å². The van der Waals surface area contributed by atoms with E-state index in [1.165, 1.54) is 9.13 Å². The van der Waals surface area contributed by atoms with Crippen molar-refractivity contribution in [1.29, 1.82) is 0 Å². The van der Waals surface area contributed by atoms with Gasteiger partial charge in [0.05, 0.1) is 18.0 Å². The molecule has 8 heteroatoms. The monoisotopic (exact) mass is 435 g/mol. The van der Waals surface area contributed by atoms with Gasteiger partial charge in [0, 0.05) is 23.2 Å². The highest BCUT2D eigenvalue weighted by Gasteiger charge is 2.15. The molecule has 0 aliphatic heterocycles. The van der Waals surface area contributed by atoms with Crippen LogP contribution in [0.15, 0.2) is 75.6 Å². The van der Waals surface area contributed by atoms with Crippen LogP contribution in [0.2, 0.25) is 0 Å². The molecule has 31 heavy (non-hydrogen) atoms. The lowest BCUT2D eigenvalue weighted by Crippen LogP contribution is -2.42. The summed E-state index contributed by atoms with van der Waals surface area (Å²) in [4.78, 5) is 39.9. The van der Waals surface area contributed by atoms with Gasteiger partial charge in [-0.2, -0.15) is 0 Å². The maximum atomic E-state index is 13.2. The molecule has 0 atom stereocenters. The van der Waals surface area contributed by atoms with Crippen molar-refractivity contribution in [3.05, 3.63) is 91.8 Å². The van der Waals surface area contributed by atoms with Crippen molar-refractivity contribution in [3.63, 3.8) is 0 Å². The van der Waals surface area contributed by atoms with Gasteiger partial charge in [-0.1, -0.05) is 24.3 Å². The number of hydrogen-bond donors (Lipinski definition) is 1. The molecule has 0 unspecified atom stereocenters. The Kier molecular flexibility index (Phi) is 5.99. The summed E-state index contributed by atoms with van der Waals surface area (Å²) in [5, 5.41) is 5.14. The fraction of sp³-hybridized carbons (Fsp3) is 0.174. The van der Waals surface area contributed by atoms with E-state index in [9.17, 15) is 14.4 Å². The zero-order valence-electron chi connectivity index (χ0n) is 16.9. The number of benzene rings is 2. The first kappa shape index (κ1) is 20.6. The summed E-state index contributed by atoms with van der Waals surface area (Å²) in [5.74, 6) is 0.242. The molecule has 0 aliphatic rings. The predicted octanol–water partition coefficient (Wildman–Crippen LogP) is 3.11. The van der Waals surface area contributed by atoms with Crippen LogP contribution in [0.5, 0.6) is 5.75 Å². The number of fused-ring (bicyclic) bond motifs is 1. The van der Waals surface area contributed by atoms with E-state index >= 15 is 0 Å². The summed E-state index contributed by atoms with van der Waals surface area (Å²) in [6.45, 7) is 0.0381. The van der Waals surface area contributed by atoms with Gasteiger partial charge in [-0.05, 0) is 42.1 Å². The zero-order chi connectivity index (χ0) is 21.8. The molecule has 0 aliphatic carbocycles. The van der Waals surface area contributed by atoms with E-state index in [-0.39, 0.29) is 24.6 Å². The SMILES string of the molecule is COc1cccc(NC(=O)Cn2c(=O)n(CCc3cccs3)c(=O)c3ccccc32)c1. The average molecular weight is 436 g/mol. The van der Waals surface area contributed by atoms with Crippen molar-refractivity contribution in [2.45, 2.75) is 19.5 Å². The molecule has 2 heterocycles. The number of ether oxygens (including phenoxy) is 1. The highest BCUT2D eigenvalue weighted by atomic mass is 32.1. The third-order valence-corrected chi connectivity index (χ3v) is 5.89. The number of carbonyl (C=O) groups is 1. The van der Waals surface area contributed by atoms with Crippen molar-refractivity contribution in [2.75, 3.05) is 12.4 Å². The highest BCUT2D eigenvalue weighted by Crippen LogP contribution is 2.17. The minimum absolute atomic E-state index is 0.212. The van der Waals surface area contributed by atoms with E-state index in [4.69, 9.17) is 4.74 Å². The van der Waals surface area contributed by atoms with Gasteiger partial charge in [0.2, 0.25) is 5.91 Å². The lowest BCUT2D eigenvalue weighted by Gasteiger charge is -2.14. The number of methoxy groups -OCH3 is 1. The minimum atomic E-state index is -0.499. The molecule has 0 radical (unpaired) electrons. The molecule has 7 nitrogen and oxygen atoms in total. The summed E-state index contributed by atoms with van der Waals surface area (Å²) in [6, 6.07) is 17.7. The van der Waals surface area contributed by atoms with Gasteiger partial charge in [0.15, 0.2) is 0 Å². The van der Waals surface area contributed by atoms with Crippen LogP contribution in [0.4, 0.5) is 5.69 Å². The maximum Gasteiger partial charge on any atom is 0.331 e. The number of rotatable bonds is 7. The second-order valence-electron chi connectivity index (χ2n) is 6.95. The number of nitrogens with zero attached hydrogens (tertiary/aromatic N) is 2. The maximum absolute atomic E-state index is 13.2. The second kappa shape index (κ2) is 9.01. The Morgan fingerprint density at radius 1 is 1.03 bits per heavy atom. The van der Waals surface area contributed by atoms with E-state index in [0.29, 0.717) is 28.8 Å². The van der Waals surface area contributed by atoms with Crippen LogP contribution in [0.1, 0.15) is 4.88 Å². The molecule has 0 bridgehead atoms. The summed E-state index contributed by atoms with van der Waals surface area (Å²) in [7, 11) is 1.55. The van der Waals surface area contributed by atoms with Crippen molar-refractivity contribution in [1.82, 2.24) is 9.13 Å². The smallest absolute Gasteiger partial charge is 0.331 e. The molecule has 0 saturated carbocycles. The molecular formula is C23H21N3O4S. The number of para-hydroxylation sites is 1. The fourth-order valence-electron chi connectivity index (χ4n) is 3.44. The fourth-order valence-corrected chi connectivity index (χ4v) is 4.14. The number of thiophene rings is 1. The standard InChI is InChI=1S/C23H21N3O4S/c1-30-17-7-4-6-16(14-17)24-21(27)15-26-20-10-3-2-9-19(20)22(28)25(23(26)29)12-11-18-8-5-13-31-18/h2-10,13-14H,11-12,15H2,1H3,(H,24,27). The molecule has 0 spiro atoms. The molecule has 1 amide bonds. The summed E-state index contributed by atoms with van der Waals surface area (Å²) >= 11 is 1.58. The van der Waals surface area contributed by atoms with Crippen LogP contribution in [0, 0.1) is 0 Å². The molecule has 4 aromatic rings. The van der Waals surface area contributed by atoms with Gasteiger partial charge < -0.3 is 10.1 Å². The van der Waals surface area contributed by atoms with E-state index in [1.807, 2.05) is 17.5 Å². The molecule has 1 N–H and O–H groups in total. The van der Waals surface area contributed by atoms with Gasteiger partial charge in [-0.3, -0.25) is 18.7 Å². The number of aromatic nitrogens is 2. The lowest BCUT2D eigenvalue weighted by molar-refractivity contribution is -0.116. The van der Waals surface area contributed by atoms with E-state index in [1.54, 1.807) is 67.0 Å². The first-order chi connectivity index (χ1) is 15.1. The molecule has 2 aromatic heterocycles. The molecule has 0 fully saturated rings. The number of carbonyl (C=O) groups excluding carboxylic acids is 1. The van der Waals surface area contributed by atoms with E-state index in [2.05, 4.69) is 5.32 Å². The summed E-state index contributed by atoms with van der Waals surface area (Å²) < 4.78 is 7.73. The molecular weight excluding hydrogens is 414 g/mol. The first-order valence-corrected chi connectivity index (χ1v) is 10.6. The summed E-state index contributed by atoms with van der Waals surface area (Å²) in [6.07, 6.45) is 0.571. The Morgan fingerprint density at radius 2 is 1.87 bits per heavy atom. The lowest BCUT2D eigenvalue weighted by atomic mass is 10.2. The van der Waals surface area contributed by atoms with E-state index < -0.39 is 5.69 Å². The zero-order valence-corrected chi connectivity index (χ0v) is 17.7. The second-order valence-corrected chi connectivity index (χ2v) is 7.98. The number of anilines is 1. The molecule has 2 aromatic carbocycles. The molecule has 0 saturated heterocycles. The van der Waals surface area contributed by atoms with Gasteiger partial charge in [-0.25, -0.2) is 4.79 Å². The average Bonchev–Trinajstić information content (AvgIpc) is 3.30. The Bertz CT molecular complexity index is 1340. The predicted molar refractivity (Wildman–Crippen MR) is 122 cm³/mol. The number of amides is 1. The van der Waals surface area contributed by atoms with Crippen molar-refractivity contribution in [3.8, 4) is 5.75 Å². The Balaban J connectivity index is 1.68. The van der Waals surface area contributed by atoms with Crippen LogP contribution >= 0.6 is 11.3 Å².